The number of morpholine rings is 2. The number of carbonyl (C=O) groups excluding carboxylic acids is 4. The molecular weight excluding hydrogens is 668 g/mol. The first kappa shape index (κ1) is 32.6. The minimum atomic E-state index is -0.406. The van der Waals surface area contributed by atoms with Crippen LogP contribution in [0.3, 0.4) is 0 Å². The van der Waals surface area contributed by atoms with Gasteiger partial charge in [-0.2, -0.15) is 0 Å². The standard InChI is InChI=1S/C34H43BrN6O6/c35-25-21-23-28-27-24(32(43)40(33(44)29(25)27)10-3-8-38-13-17-46-18-14-38)22-26(36-5-12-37-6-1-2-7-37)30(28)34(45)41(31(23)42)11-4-9-39-15-19-47-20-16-39/h21-22,36H,1-20H2. The Morgan fingerprint density at radius 2 is 1.09 bits per heavy atom. The lowest BCUT2D eigenvalue weighted by Gasteiger charge is -2.34. The van der Waals surface area contributed by atoms with Crippen LogP contribution < -0.4 is 5.32 Å². The van der Waals surface area contributed by atoms with E-state index in [2.05, 4.69) is 35.9 Å². The summed E-state index contributed by atoms with van der Waals surface area (Å²) < 4.78 is 11.4. The average molecular weight is 712 g/mol. The summed E-state index contributed by atoms with van der Waals surface area (Å²) >= 11 is 3.59. The zero-order valence-electron chi connectivity index (χ0n) is 26.9. The SMILES string of the molecule is O=C1c2cc(NCCN3CCCC3)c3c4c(cc(Br)c(c24)C(=O)N1CCCN1CCOCC1)C(=O)N(CCCN1CCOCC1)C3=O. The number of imide groups is 2. The Labute approximate surface area is 283 Å². The van der Waals surface area contributed by atoms with Gasteiger partial charge in [0.05, 0.1) is 43.1 Å². The van der Waals surface area contributed by atoms with E-state index in [-0.39, 0.29) is 19.0 Å². The number of amides is 4. The molecule has 5 heterocycles. The maximum Gasteiger partial charge on any atom is 0.263 e. The van der Waals surface area contributed by atoms with Crippen LogP contribution in [0.5, 0.6) is 0 Å². The number of benzene rings is 2. The van der Waals surface area contributed by atoms with Crippen molar-refractivity contribution in [1.82, 2.24) is 24.5 Å². The number of likely N-dealkylation sites (tertiary alicyclic amines) is 1. The molecule has 0 aliphatic carbocycles. The van der Waals surface area contributed by atoms with Crippen molar-refractivity contribution in [2.45, 2.75) is 25.7 Å². The molecular formula is C34H43BrN6O6. The molecule has 2 aromatic carbocycles. The summed E-state index contributed by atoms with van der Waals surface area (Å²) in [6, 6.07) is 3.41. The Kier molecular flexibility index (Phi) is 9.90. The fraction of sp³-hybridized carbons (Fsp3) is 0.588. The topological polar surface area (TPSA) is 115 Å². The van der Waals surface area contributed by atoms with Gasteiger partial charge in [0.15, 0.2) is 0 Å². The number of anilines is 1. The zero-order valence-corrected chi connectivity index (χ0v) is 28.4. The predicted octanol–water partition coefficient (Wildman–Crippen LogP) is 2.75. The largest absolute Gasteiger partial charge is 0.383 e. The van der Waals surface area contributed by atoms with Gasteiger partial charge in [-0.15, -0.1) is 0 Å². The molecule has 12 nitrogen and oxygen atoms in total. The van der Waals surface area contributed by atoms with Gasteiger partial charge in [-0.3, -0.25) is 38.8 Å². The Bertz CT molecular complexity index is 1570. The van der Waals surface area contributed by atoms with Crippen molar-refractivity contribution in [3.63, 3.8) is 0 Å². The number of halogens is 1. The van der Waals surface area contributed by atoms with Crippen LogP contribution in [0.1, 0.15) is 67.1 Å². The summed E-state index contributed by atoms with van der Waals surface area (Å²) in [4.78, 5) is 66.0. The van der Waals surface area contributed by atoms with Crippen molar-refractivity contribution in [3.05, 3.63) is 38.9 Å². The maximum atomic E-state index is 14.3. The Morgan fingerprint density at radius 1 is 0.596 bits per heavy atom. The smallest absolute Gasteiger partial charge is 0.263 e. The molecule has 1 N–H and O–H groups in total. The van der Waals surface area contributed by atoms with Gasteiger partial charge in [0.1, 0.15) is 0 Å². The van der Waals surface area contributed by atoms with Gasteiger partial charge < -0.3 is 19.7 Å². The minimum Gasteiger partial charge on any atom is -0.383 e. The third-order valence-electron chi connectivity index (χ3n) is 10.1. The molecule has 7 rings (SSSR count). The molecule has 5 aliphatic rings. The fourth-order valence-electron chi connectivity index (χ4n) is 7.57. The van der Waals surface area contributed by atoms with E-state index < -0.39 is 17.7 Å². The normalized spacial score (nSPS) is 21.0. The van der Waals surface area contributed by atoms with Crippen molar-refractivity contribution >= 4 is 56.0 Å². The number of nitrogens with one attached hydrogen (secondary N) is 1. The lowest BCUT2D eigenvalue weighted by Crippen LogP contribution is -2.45. The molecule has 3 fully saturated rings. The monoisotopic (exact) mass is 710 g/mol. The van der Waals surface area contributed by atoms with Gasteiger partial charge in [0.2, 0.25) is 0 Å². The molecule has 5 aliphatic heterocycles. The molecule has 0 aromatic heterocycles. The van der Waals surface area contributed by atoms with Gasteiger partial charge in [-0.1, -0.05) is 0 Å². The summed E-state index contributed by atoms with van der Waals surface area (Å²) in [7, 11) is 0. The van der Waals surface area contributed by atoms with Crippen molar-refractivity contribution in [3.8, 4) is 0 Å². The number of ether oxygens (including phenoxy) is 2. The Morgan fingerprint density at radius 3 is 1.66 bits per heavy atom. The average Bonchev–Trinajstić information content (AvgIpc) is 3.60. The summed E-state index contributed by atoms with van der Waals surface area (Å²) in [6.07, 6.45) is 3.63. The van der Waals surface area contributed by atoms with Crippen LogP contribution in [0.15, 0.2) is 16.6 Å². The molecule has 0 atom stereocenters. The Hall–Kier alpha value is -2.94. The van der Waals surface area contributed by atoms with E-state index in [4.69, 9.17) is 9.47 Å². The molecule has 0 unspecified atom stereocenters. The third-order valence-corrected chi connectivity index (χ3v) is 10.7. The third kappa shape index (κ3) is 6.45. The summed E-state index contributed by atoms with van der Waals surface area (Å²) in [5, 5.41) is 4.27. The van der Waals surface area contributed by atoms with Gasteiger partial charge >= 0.3 is 0 Å². The number of nitrogens with zero attached hydrogens (tertiary/aromatic N) is 5. The number of rotatable bonds is 12. The number of hydrogen-bond acceptors (Lipinski definition) is 10. The molecule has 4 amide bonds. The highest BCUT2D eigenvalue weighted by molar-refractivity contribution is 9.10. The van der Waals surface area contributed by atoms with Crippen LogP contribution in [0, 0.1) is 0 Å². The lowest BCUT2D eigenvalue weighted by molar-refractivity contribution is 0.0351. The van der Waals surface area contributed by atoms with Crippen LogP contribution in [-0.4, -0.2) is 153 Å². The highest BCUT2D eigenvalue weighted by atomic mass is 79.9. The highest BCUT2D eigenvalue weighted by Crippen LogP contribution is 2.44. The van der Waals surface area contributed by atoms with Crippen LogP contribution in [0.2, 0.25) is 0 Å². The van der Waals surface area contributed by atoms with Gasteiger partial charge in [-0.25, -0.2) is 0 Å². The maximum absolute atomic E-state index is 14.3. The lowest BCUT2D eigenvalue weighted by atomic mass is 9.84. The van der Waals surface area contributed by atoms with Crippen molar-refractivity contribution < 1.29 is 28.7 Å². The first-order chi connectivity index (χ1) is 22.9. The van der Waals surface area contributed by atoms with Crippen LogP contribution in [-0.2, 0) is 9.47 Å². The molecule has 47 heavy (non-hydrogen) atoms. The Balaban J connectivity index is 1.21. The zero-order chi connectivity index (χ0) is 32.5. The van der Waals surface area contributed by atoms with E-state index in [0.29, 0.717) is 89.0 Å². The molecule has 2 aromatic rings. The number of hydrogen-bond donors (Lipinski definition) is 1. The molecule has 3 saturated heterocycles. The summed E-state index contributed by atoms with van der Waals surface area (Å²) in [5.74, 6) is -1.59. The fourth-order valence-corrected chi connectivity index (χ4v) is 8.17. The van der Waals surface area contributed by atoms with Gasteiger partial charge in [-0.05, 0) is 66.8 Å². The second-order valence-electron chi connectivity index (χ2n) is 13.0. The van der Waals surface area contributed by atoms with Crippen molar-refractivity contribution in [2.24, 2.45) is 0 Å². The van der Waals surface area contributed by atoms with Crippen molar-refractivity contribution in [1.29, 1.82) is 0 Å². The molecule has 0 saturated carbocycles. The second-order valence-corrected chi connectivity index (χ2v) is 13.8. The van der Waals surface area contributed by atoms with E-state index in [1.54, 1.807) is 12.1 Å². The van der Waals surface area contributed by atoms with Crippen LogP contribution in [0.4, 0.5) is 5.69 Å². The number of carbonyl (C=O) groups is 4. The quantitative estimate of drug-likeness (QED) is 0.330. The molecule has 13 heteroatoms. The minimum absolute atomic E-state index is 0.276. The van der Waals surface area contributed by atoms with E-state index in [1.165, 1.54) is 22.6 Å². The van der Waals surface area contributed by atoms with E-state index in [9.17, 15) is 19.2 Å². The van der Waals surface area contributed by atoms with E-state index in [1.807, 2.05) is 0 Å². The summed E-state index contributed by atoms with van der Waals surface area (Å²) in [6.45, 7) is 11.6. The first-order valence-corrected chi connectivity index (χ1v) is 17.8. The second kappa shape index (κ2) is 14.3. The van der Waals surface area contributed by atoms with E-state index in [0.717, 1.165) is 58.9 Å². The van der Waals surface area contributed by atoms with E-state index >= 15 is 0 Å². The van der Waals surface area contributed by atoms with Crippen molar-refractivity contribution in [2.75, 3.05) is 110 Å². The molecule has 252 valence electrons. The van der Waals surface area contributed by atoms with Crippen LogP contribution >= 0.6 is 15.9 Å². The molecule has 0 spiro atoms. The van der Waals surface area contributed by atoms with Gasteiger partial charge in [0.25, 0.3) is 23.6 Å². The molecule has 0 radical (unpaired) electrons. The van der Waals surface area contributed by atoms with Gasteiger partial charge in [0, 0.05) is 91.9 Å². The first-order valence-electron chi connectivity index (χ1n) is 17.0. The molecule has 0 bridgehead atoms. The predicted molar refractivity (Wildman–Crippen MR) is 180 cm³/mol. The highest BCUT2D eigenvalue weighted by Gasteiger charge is 2.42. The van der Waals surface area contributed by atoms with Crippen LogP contribution in [0.25, 0.3) is 10.8 Å². The summed E-state index contributed by atoms with van der Waals surface area (Å²) in [5.41, 5.74) is 1.91.